The average Bonchev–Trinajstić information content (AvgIpc) is 3.35. The molecule has 1 fully saturated rings. The smallest absolute Gasteiger partial charge is 0.352 e. The summed E-state index contributed by atoms with van der Waals surface area (Å²) in [6.45, 7) is 2.49. The molecule has 1 unspecified atom stereocenters. The lowest BCUT2D eigenvalue weighted by molar-refractivity contribution is -0.142. The van der Waals surface area contributed by atoms with E-state index < -0.39 is 5.97 Å². The SMILES string of the molecule is CCOc1nc2nc(C=C3C(=O)N4C(C(=O)O)=CCC34)cn2c2c1CCC2. The van der Waals surface area contributed by atoms with Gasteiger partial charge in [-0.05, 0) is 38.7 Å². The number of nitrogens with zero attached hydrogens (tertiary/aromatic N) is 4. The maximum absolute atomic E-state index is 12.4. The summed E-state index contributed by atoms with van der Waals surface area (Å²) in [7, 11) is 0. The van der Waals surface area contributed by atoms with Crippen molar-refractivity contribution in [1.82, 2.24) is 19.3 Å². The van der Waals surface area contributed by atoms with Crippen LogP contribution in [0, 0.1) is 0 Å². The number of rotatable bonds is 4. The van der Waals surface area contributed by atoms with Crippen LogP contribution in [0.3, 0.4) is 0 Å². The van der Waals surface area contributed by atoms with Crippen LogP contribution in [-0.2, 0) is 22.4 Å². The molecular weight excluding hydrogens is 348 g/mol. The molecule has 2 aromatic heterocycles. The van der Waals surface area contributed by atoms with Crippen molar-refractivity contribution < 1.29 is 19.4 Å². The largest absolute Gasteiger partial charge is 0.478 e. The lowest BCUT2D eigenvalue weighted by atomic mass is 9.94. The molecule has 2 aliphatic heterocycles. The Balaban J connectivity index is 1.52. The highest BCUT2D eigenvalue weighted by atomic mass is 16.5. The van der Waals surface area contributed by atoms with E-state index in [1.807, 2.05) is 17.5 Å². The molecule has 1 saturated heterocycles. The predicted octanol–water partition coefficient (Wildman–Crippen LogP) is 1.58. The van der Waals surface area contributed by atoms with Gasteiger partial charge in [0.2, 0.25) is 11.7 Å². The summed E-state index contributed by atoms with van der Waals surface area (Å²) in [5.41, 5.74) is 3.61. The van der Waals surface area contributed by atoms with E-state index in [-0.39, 0.29) is 17.6 Å². The quantitative estimate of drug-likeness (QED) is 0.652. The van der Waals surface area contributed by atoms with Crippen molar-refractivity contribution in [1.29, 1.82) is 0 Å². The van der Waals surface area contributed by atoms with E-state index in [0.29, 0.717) is 36.0 Å². The Morgan fingerprint density at radius 3 is 3.04 bits per heavy atom. The summed E-state index contributed by atoms with van der Waals surface area (Å²) in [5, 5.41) is 9.17. The number of hydrogen-bond donors (Lipinski definition) is 1. The minimum Gasteiger partial charge on any atom is -0.478 e. The summed E-state index contributed by atoms with van der Waals surface area (Å²) < 4.78 is 7.66. The molecule has 0 bridgehead atoms. The highest BCUT2D eigenvalue weighted by Gasteiger charge is 2.48. The summed E-state index contributed by atoms with van der Waals surface area (Å²) in [5.74, 6) is -0.123. The fraction of sp³-hybridized carbons (Fsp3) is 0.368. The first-order chi connectivity index (χ1) is 13.1. The van der Waals surface area contributed by atoms with Crippen molar-refractivity contribution >= 4 is 23.7 Å². The number of β-lactam (4-membered cyclic amide) rings is 1. The third-order valence-corrected chi connectivity index (χ3v) is 5.38. The molecule has 3 aliphatic rings. The van der Waals surface area contributed by atoms with Crippen LogP contribution < -0.4 is 4.74 Å². The third kappa shape index (κ3) is 2.22. The standard InChI is InChI=1S/C19H18N4O4/c1-2-27-16-11-4-3-5-13(11)22-9-10(20-19(22)21-16)8-12-14-6-7-15(18(25)26)23(14)17(12)24/h7-9,14H,2-6H2,1H3,(H,25,26). The van der Waals surface area contributed by atoms with E-state index in [2.05, 4.69) is 9.97 Å². The summed E-state index contributed by atoms with van der Waals surface area (Å²) >= 11 is 0. The number of aryl methyl sites for hydroxylation is 1. The minimum absolute atomic E-state index is 0.0676. The third-order valence-electron chi connectivity index (χ3n) is 5.38. The molecule has 1 atom stereocenters. The van der Waals surface area contributed by atoms with Crippen LogP contribution in [0.25, 0.3) is 11.9 Å². The number of carbonyl (C=O) groups excluding carboxylic acids is 1. The number of aliphatic carboxylic acids is 1. The second-order valence-electron chi connectivity index (χ2n) is 6.89. The van der Waals surface area contributed by atoms with E-state index in [0.717, 1.165) is 30.5 Å². The number of hydrogen-bond acceptors (Lipinski definition) is 5. The predicted molar refractivity (Wildman–Crippen MR) is 95.1 cm³/mol. The molecule has 0 aromatic carbocycles. The molecule has 4 heterocycles. The number of carbonyl (C=O) groups is 2. The van der Waals surface area contributed by atoms with E-state index in [9.17, 15) is 9.59 Å². The Morgan fingerprint density at radius 2 is 2.26 bits per heavy atom. The molecule has 0 saturated carbocycles. The van der Waals surface area contributed by atoms with Gasteiger partial charge in [-0.25, -0.2) is 9.78 Å². The highest BCUT2D eigenvalue weighted by Crippen LogP contribution is 2.39. The van der Waals surface area contributed by atoms with Crippen LogP contribution in [0.15, 0.2) is 23.5 Å². The van der Waals surface area contributed by atoms with Crippen molar-refractivity contribution in [3.63, 3.8) is 0 Å². The second-order valence-corrected chi connectivity index (χ2v) is 6.89. The van der Waals surface area contributed by atoms with E-state index in [4.69, 9.17) is 9.84 Å². The normalized spacial score (nSPS) is 22.0. The first-order valence-electron chi connectivity index (χ1n) is 9.10. The van der Waals surface area contributed by atoms with Gasteiger partial charge in [0.05, 0.1) is 18.3 Å². The Hall–Kier alpha value is -3.16. The number of amides is 1. The minimum atomic E-state index is -1.07. The molecule has 8 nitrogen and oxygen atoms in total. The maximum Gasteiger partial charge on any atom is 0.352 e. The Bertz CT molecular complexity index is 1070. The molecule has 1 amide bonds. The summed E-state index contributed by atoms with van der Waals surface area (Å²) in [6.07, 6.45) is 8.71. The van der Waals surface area contributed by atoms with Gasteiger partial charge in [0.25, 0.3) is 5.91 Å². The fourth-order valence-corrected chi connectivity index (χ4v) is 4.21. The van der Waals surface area contributed by atoms with Crippen molar-refractivity contribution in [2.75, 3.05) is 6.61 Å². The Kier molecular flexibility index (Phi) is 3.37. The topological polar surface area (TPSA) is 97.0 Å². The number of imidazole rings is 1. The van der Waals surface area contributed by atoms with Gasteiger partial charge in [-0.2, -0.15) is 4.98 Å². The average molecular weight is 366 g/mol. The molecule has 8 heteroatoms. The summed E-state index contributed by atoms with van der Waals surface area (Å²) in [4.78, 5) is 34.0. The molecule has 0 spiro atoms. The number of fused-ring (bicyclic) bond motifs is 4. The van der Waals surface area contributed by atoms with E-state index in [1.54, 1.807) is 12.2 Å². The van der Waals surface area contributed by atoms with Crippen molar-refractivity contribution in [2.45, 2.75) is 38.6 Å². The Labute approximate surface area is 154 Å². The van der Waals surface area contributed by atoms with Crippen LogP contribution in [0.2, 0.25) is 0 Å². The van der Waals surface area contributed by atoms with E-state index in [1.165, 1.54) is 4.90 Å². The van der Waals surface area contributed by atoms with Gasteiger partial charge in [-0.1, -0.05) is 6.08 Å². The first-order valence-corrected chi connectivity index (χ1v) is 9.10. The van der Waals surface area contributed by atoms with Gasteiger partial charge in [0.1, 0.15) is 5.70 Å². The zero-order valence-corrected chi connectivity index (χ0v) is 14.8. The van der Waals surface area contributed by atoms with Crippen LogP contribution in [0.5, 0.6) is 5.88 Å². The molecule has 1 N–H and O–H groups in total. The van der Waals surface area contributed by atoms with E-state index >= 15 is 0 Å². The summed E-state index contributed by atoms with van der Waals surface area (Å²) in [6, 6.07) is -0.203. The van der Waals surface area contributed by atoms with Crippen LogP contribution in [0.1, 0.15) is 36.7 Å². The van der Waals surface area contributed by atoms with Gasteiger partial charge in [-0.3, -0.25) is 14.1 Å². The van der Waals surface area contributed by atoms with Crippen molar-refractivity contribution in [2.24, 2.45) is 0 Å². The lowest BCUT2D eigenvalue weighted by Gasteiger charge is -2.38. The number of carboxylic acids is 1. The van der Waals surface area contributed by atoms with Gasteiger partial charge < -0.3 is 9.84 Å². The maximum atomic E-state index is 12.4. The van der Waals surface area contributed by atoms with Gasteiger partial charge in [0, 0.05) is 23.0 Å². The first kappa shape index (κ1) is 16.0. The van der Waals surface area contributed by atoms with Crippen molar-refractivity contribution in [3.05, 3.63) is 40.5 Å². The molecular formula is C19H18N4O4. The number of aromatic nitrogens is 3. The fourth-order valence-electron chi connectivity index (χ4n) is 4.21. The molecule has 138 valence electrons. The molecule has 0 radical (unpaired) electrons. The van der Waals surface area contributed by atoms with Crippen LogP contribution in [-0.4, -0.2) is 48.9 Å². The molecule has 5 rings (SSSR count). The van der Waals surface area contributed by atoms with Gasteiger partial charge in [0.15, 0.2) is 0 Å². The lowest BCUT2D eigenvalue weighted by Crippen LogP contribution is -2.52. The van der Waals surface area contributed by atoms with Gasteiger partial charge >= 0.3 is 5.97 Å². The van der Waals surface area contributed by atoms with Crippen LogP contribution in [0.4, 0.5) is 0 Å². The molecule has 27 heavy (non-hydrogen) atoms. The monoisotopic (exact) mass is 366 g/mol. The molecule has 2 aromatic rings. The van der Waals surface area contributed by atoms with Crippen molar-refractivity contribution in [3.8, 4) is 5.88 Å². The number of carboxylic acid groups (broad SMARTS) is 1. The zero-order chi connectivity index (χ0) is 18.7. The van der Waals surface area contributed by atoms with Gasteiger partial charge in [-0.15, -0.1) is 0 Å². The molecule has 1 aliphatic carbocycles. The number of ether oxygens (including phenoxy) is 1. The highest BCUT2D eigenvalue weighted by molar-refractivity contribution is 6.11. The second kappa shape index (κ2) is 5.67. The zero-order valence-electron chi connectivity index (χ0n) is 14.8. The van der Waals surface area contributed by atoms with Crippen LogP contribution >= 0.6 is 0 Å². The Morgan fingerprint density at radius 1 is 1.41 bits per heavy atom.